The van der Waals surface area contributed by atoms with Crippen molar-refractivity contribution in [2.45, 2.75) is 12.8 Å². The SMILES string of the molecule is O=C(O)[C@@H]1CCCN(C(=O)c2cccc(Cl)c2[N+](=O)[O-])C1. The number of hydrogen-bond acceptors (Lipinski definition) is 4. The lowest BCUT2D eigenvalue weighted by atomic mass is 9.97. The molecule has 1 fully saturated rings. The molecular formula is C13H13ClN2O5. The third kappa shape index (κ3) is 3.13. The zero-order valence-corrected chi connectivity index (χ0v) is 11.7. The highest BCUT2D eigenvalue weighted by molar-refractivity contribution is 6.33. The van der Waals surface area contributed by atoms with Gasteiger partial charge in [0.05, 0.1) is 10.8 Å². The molecule has 1 heterocycles. The van der Waals surface area contributed by atoms with Crippen LogP contribution in [-0.2, 0) is 4.79 Å². The van der Waals surface area contributed by atoms with Crippen molar-refractivity contribution in [2.75, 3.05) is 13.1 Å². The number of rotatable bonds is 3. The third-order valence-corrected chi connectivity index (χ3v) is 3.76. The van der Waals surface area contributed by atoms with Gasteiger partial charge in [0.1, 0.15) is 10.6 Å². The molecule has 1 aliphatic heterocycles. The van der Waals surface area contributed by atoms with Gasteiger partial charge in [0.25, 0.3) is 5.91 Å². The van der Waals surface area contributed by atoms with Crippen molar-refractivity contribution < 1.29 is 19.6 Å². The van der Waals surface area contributed by atoms with Crippen LogP contribution in [0.25, 0.3) is 0 Å². The fourth-order valence-electron chi connectivity index (χ4n) is 2.41. The average molecular weight is 313 g/mol. The molecular weight excluding hydrogens is 300 g/mol. The molecule has 0 saturated carbocycles. The predicted octanol–water partition coefficient (Wildman–Crippen LogP) is 2.19. The summed E-state index contributed by atoms with van der Waals surface area (Å²) in [4.78, 5) is 35.1. The molecule has 0 aliphatic carbocycles. The predicted molar refractivity (Wildman–Crippen MR) is 74.4 cm³/mol. The van der Waals surface area contributed by atoms with E-state index in [0.717, 1.165) is 0 Å². The van der Waals surface area contributed by atoms with Gasteiger partial charge in [-0.3, -0.25) is 19.7 Å². The minimum Gasteiger partial charge on any atom is -0.481 e. The first-order valence-corrected chi connectivity index (χ1v) is 6.74. The van der Waals surface area contributed by atoms with Gasteiger partial charge in [-0.2, -0.15) is 0 Å². The zero-order chi connectivity index (χ0) is 15.6. The summed E-state index contributed by atoms with van der Waals surface area (Å²) in [6.07, 6.45) is 1.05. The van der Waals surface area contributed by atoms with E-state index in [1.54, 1.807) is 0 Å². The van der Waals surface area contributed by atoms with Gasteiger partial charge < -0.3 is 10.0 Å². The van der Waals surface area contributed by atoms with Gasteiger partial charge in [-0.25, -0.2) is 0 Å². The molecule has 112 valence electrons. The van der Waals surface area contributed by atoms with Crippen LogP contribution in [0.3, 0.4) is 0 Å². The van der Waals surface area contributed by atoms with Crippen LogP contribution < -0.4 is 0 Å². The number of likely N-dealkylation sites (tertiary alicyclic amines) is 1. The van der Waals surface area contributed by atoms with E-state index in [4.69, 9.17) is 16.7 Å². The third-order valence-electron chi connectivity index (χ3n) is 3.46. The van der Waals surface area contributed by atoms with E-state index in [1.807, 2.05) is 0 Å². The van der Waals surface area contributed by atoms with E-state index in [1.165, 1.54) is 23.1 Å². The van der Waals surface area contributed by atoms with E-state index in [9.17, 15) is 19.7 Å². The summed E-state index contributed by atoms with van der Waals surface area (Å²) >= 11 is 5.78. The van der Waals surface area contributed by atoms with Gasteiger partial charge in [0, 0.05) is 13.1 Å². The molecule has 1 aromatic rings. The highest BCUT2D eigenvalue weighted by atomic mass is 35.5. The Bertz CT molecular complexity index is 604. The number of carbonyl (C=O) groups is 2. The normalized spacial score (nSPS) is 18.3. The standard InChI is InChI=1S/C13H13ClN2O5/c14-10-5-1-4-9(11(10)16(20)21)12(17)15-6-2-3-8(7-15)13(18)19/h1,4-5,8H,2-3,6-7H2,(H,18,19)/t8-/m1/s1. The fraction of sp³-hybridized carbons (Fsp3) is 0.385. The van der Waals surface area contributed by atoms with E-state index < -0.39 is 28.4 Å². The Balaban J connectivity index is 2.30. The number of piperidine rings is 1. The topological polar surface area (TPSA) is 101 Å². The maximum atomic E-state index is 12.4. The minimum absolute atomic E-state index is 0.0534. The van der Waals surface area contributed by atoms with Crippen molar-refractivity contribution in [1.29, 1.82) is 0 Å². The first kappa shape index (κ1) is 15.2. The fourth-order valence-corrected chi connectivity index (χ4v) is 2.65. The summed E-state index contributed by atoms with van der Waals surface area (Å²) in [6, 6.07) is 4.13. The van der Waals surface area contributed by atoms with Crippen molar-refractivity contribution in [3.05, 3.63) is 38.9 Å². The second-order valence-corrected chi connectivity index (χ2v) is 5.23. The monoisotopic (exact) mass is 312 g/mol. The van der Waals surface area contributed by atoms with Crippen LogP contribution >= 0.6 is 11.6 Å². The number of amides is 1. The Morgan fingerprint density at radius 3 is 2.76 bits per heavy atom. The molecule has 1 atom stereocenters. The largest absolute Gasteiger partial charge is 0.481 e. The summed E-state index contributed by atoms with van der Waals surface area (Å²) in [5.74, 6) is -2.16. The van der Waals surface area contributed by atoms with E-state index in [0.29, 0.717) is 19.4 Å². The zero-order valence-electron chi connectivity index (χ0n) is 11.0. The lowest BCUT2D eigenvalue weighted by molar-refractivity contribution is -0.385. The molecule has 0 spiro atoms. The Hall–Kier alpha value is -2.15. The van der Waals surface area contributed by atoms with Gasteiger partial charge in [-0.1, -0.05) is 17.7 Å². The molecule has 7 nitrogen and oxygen atoms in total. The molecule has 8 heteroatoms. The summed E-state index contributed by atoms with van der Waals surface area (Å²) in [6.45, 7) is 0.435. The molecule has 2 rings (SSSR count). The first-order chi connectivity index (χ1) is 9.91. The maximum absolute atomic E-state index is 12.4. The number of halogens is 1. The summed E-state index contributed by atoms with van der Waals surface area (Å²) in [5, 5.41) is 20.0. The number of nitrogens with zero attached hydrogens (tertiary/aromatic N) is 2. The smallest absolute Gasteiger partial charge is 0.308 e. The molecule has 0 aromatic heterocycles. The number of hydrogen-bond donors (Lipinski definition) is 1. The number of aliphatic carboxylic acids is 1. The quantitative estimate of drug-likeness (QED) is 0.681. The van der Waals surface area contributed by atoms with Gasteiger partial charge in [0.15, 0.2) is 0 Å². The number of nitro benzene ring substituents is 1. The number of nitro groups is 1. The number of benzene rings is 1. The highest BCUT2D eigenvalue weighted by Gasteiger charge is 2.32. The molecule has 0 unspecified atom stereocenters. The van der Waals surface area contributed by atoms with Crippen molar-refractivity contribution in [1.82, 2.24) is 4.90 Å². The van der Waals surface area contributed by atoms with Crippen LogP contribution in [0.2, 0.25) is 5.02 Å². The molecule has 1 amide bonds. The summed E-state index contributed by atoms with van der Waals surface area (Å²) < 4.78 is 0. The minimum atomic E-state index is -0.965. The number of carbonyl (C=O) groups excluding carboxylic acids is 1. The lowest BCUT2D eigenvalue weighted by Gasteiger charge is -2.30. The molecule has 1 N–H and O–H groups in total. The van der Waals surface area contributed by atoms with Crippen LogP contribution in [0.15, 0.2) is 18.2 Å². The molecule has 0 radical (unpaired) electrons. The van der Waals surface area contributed by atoms with E-state index in [2.05, 4.69) is 0 Å². The van der Waals surface area contributed by atoms with Crippen molar-refractivity contribution in [2.24, 2.45) is 5.92 Å². The Kier molecular flexibility index (Phi) is 4.42. The number of carboxylic acids is 1. The van der Waals surface area contributed by atoms with Crippen LogP contribution in [0.5, 0.6) is 0 Å². The Labute approximate surface area is 125 Å². The Morgan fingerprint density at radius 2 is 2.14 bits per heavy atom. The van der Waals surface area contributed by atoms with Gasteiger partial charge in [-0.05, 0) is 25.0 Å². The van der Waals surface area contributed by atoms with Crippen LogP contribution in [-0.4, -0.2) is 39.9 Å². The van der Waals surface area contributed by atoms with Crippen molar-refractivity contribution in [3.8, 4) is 0 Å². The van der Waals surface area contributed by atoms with Crippen LogP contribution in [0, 0.1) is 16.0 Å². The maximum Gasteiger partial charge on any atom is 0.308 e. The molecule has 21 heavy (non-hydrogen) atoms. The first-order valence-electron chi connectivity index (χ1n) is 6.36. The molecule has 1 saturated heterocycles. The molecule has 1 aromatic carbocycles. The van der Waals surface area contributed by atoms with Crippen molar-refractivity contribution in [3.63, 3.8) is 0 Å². The second-order valence-electron chi connectivity index (χ2n) is 4.82. The molecule has 1 aliphatic rings. The number of carboxylic acid groups (broad SMARTS) is 1. The molecule has 0 bridgehead atoms. The van der Waals surface area contributed by atoms with Gasteiger partial charge in [-0.15, -0.1) is 0 Å². The van der Waals surface area contributed by atoms with Crippen LogP contribution in [0.1, 0.15) is 23.2 Å². The summed E-state index contributed by atoms with van der Waals surface area (Å²) in [5.41, 5.74) is -0.555. The highest BCUT2D eigenvalue weighted by Crippen LogP contribution is 2.30. The summed E-state index contributed by atoms with van der Waals surface area (Å²) in [7, 11) is 0. The lowest BCUT2D eigenvalue weighted by Crippen LogP contribution is -2.42. The van der Waals surface area contributed by atoms with Gasteiger partial charge in [0.2, 0.25) is 0 Å². The van der Waals surface area contributed by atoms with E-state index in [-0.39, 0.29) is 17.1 Å². The second kappa shape index (κ2) is 6.09. The number of para-hydroxylation sites is 1. The van der Waals surface area contributed by atoms with Crippen molar-refractivity contribution >= 4 is 29.2 Å². The van der Waals surface area contributed by atoms with Gasteiger partial charge >= 0.3 is 11.7 Å². The Morgan fingerprint density at radius 1 is 1.43 bits per heavy atom. The van der Waals surface area contributed by atoms with Crippen LogP contribution in [0.4, 0.5) is 5.69 Å². The van der Waals surface area contributed by atoms with E-state index >= 15 is 0 Å². The average Bonchev–Trinajstić information content (AvgIpc) is 2.45.